The first-order valence-electron chi connectivity index (χ1n) is 6.81. The Morgan fingerprint density at radius 3 is 2.43 bits per heavy atom. The molecule has 0 aliphatic carbocycles. The van der Waals surface area contributed by atoms with E-state index >= 15 is 0 Å². The van der Waals surface area contributed by atoms with Gasteiger partial charge in [0.15, 0.2) is 12.2 Å². The van der Waals surface area contributed by atoms with Crippen molar-refractivity contribution in [3.05, 3.63) is 30.1 Å². The van der Waals surface area contributed by atoms with Crippen LogP contribution in [-0.2, 0) is 16.6 Å². The van der Waals surface area contributed by atoms with Crippen molar-refractivity contribution in [2.75, 3.05) is 0 Å². The molecule has 2 aromatic heterocycles. The third kappa shape index (κ3) is 2.47. The summed E-state index contributed by atoms with van der Waals surface area (Å²) in [5.41, 5.74) is 1.52. The molecule has 2 aromatic rings. The summed E-state index contributed by atoms with van der Waals surface area (Å²) in [6.07, 6.45) is -0.882. The molecule has 8 heteroatoms. The molecule has 0 spiro atoms. The van der Waals surface area contributed by atoms with Crippen molar-refractivity contribution in [1.82, 2.24) is 9.55 Å². The van der Waals surface area contributed by atoms with E-state index in [4.69, 9.17) is 9.47 Å². The van der Waals surface area contributed by atoms with Crippen LogP contribution >= 0.6 is 0 Å². The minimum Gasteiger partial charge on any atom is -0.423 e. The normalized spacial score (nSPS) is 21.0. The molecule has 1 aliphatic heterocycles. The molecule has 2 atom stereocenters. The number of rotatable bonds is 1. The Balaban J connectivity index is 2.19. The lowest BCUT2D eigenvalue weighted by Crippen LogP contribution is -2.43. The number of carbonyl (C=O) groups excluding carboxylic acids is 2. The second kappa shape index (κ2) is 5.49. The number of hydrogen-bond donors (Lipinski definition) is 2. The van der Waals surface area contributed by atoms with E-state index < -0.39 is 24.1 Å². The molecule has 23 heavy (non-hydrogen) atoms. The zero-order valence-corrected chi connectivity index (χ0v) is 12.4. The van der Waals surface area contributed by atoms with E-state index in [1.807, 2.05) is 0 Å². The molecule has 3 heterocycles. The molecular weight excluding hydrogens is 304 g/mol. The van der Waals surface area contributed by atoms with Gasteiger partial charge in [-0.1, -0.05) is 0 Å². The predicted octanol–water partition coefficient (Wildman–Crippen LogP) is -0.0583. The number of esters is 2. The summed E-state index contributed by atoms with van der Waals surface area (Å²) in [5, 5.41) is 19.3. The monoisotopic (exact) mass is 318 g/mol. The standard InChI is InChI=1S/C15H14N2O6/c1-7-12-8(9-4-3-5-17(9)2)6-16-13(7)23-15(21)11(19)10(18)14(20)22-12/h3-6,10-11,18-19H,1-2H3/t10-,11-/m0/s1. The number of carbonyl (C=O) groups is 2. The fourth-order valence-corrected chi connectivity index (χ4v) is 2.31. The molecule has 0 fully saturated rings. The van der Waals surface area contributed by atoms with Crippen molar-refractivity contribution in [2.24, 2.45) is 7.05 Å². The lowest BCUT2D eigenvalue weighted by atomic mass is 10.1. The number of aliphatic hydroxyl groups is 2. The van der Waals surface area contributed by atoms with E-state index in [0.717, 1.165) is 5.69 Å². The van der Waals surface area contributed by atoms with Crippen molar-refractivity contribution < 1.29 is 29.3 Å². The first kappa shape index (κ1) is 15.2. The Morgan fingerprint density at radius 1 is 1.17 bits per heavy atom. The van der Waals surface area contributed by atoms with Crippen molar-refractivity contribution in [1.29, 1.82) is 0 Å². The molecule has 0 radical (unpaired) electrons. The number of ether oxygens (including phenoxy) is 2. The van der Waals surface area contributed by atoms with Crippen LogP contribution in [0.1, 0.15) is 5.56 Å². The SMILES string of the molecule is Cc1c2ncc(-c3cccn3C)c1OC(=O)[C@@H](O)[C@H](O)C(=O)O2. The van der Waals surface area contributed by atoms with E-state index in [0.29, 0.717) is 11.1 Å². The molecule has 3 rings (SSSR count). The van der Waals surface area contributed by atoms with Crippen LogP contribution in [0, 0.1) is 6.92 Å². The van der Waals surface area contributed by atoms with Gasteiger partial charge >= 0.3 is 11.9 Å². The van der Waals surface area contributed by atoms with Gasteiger partial charge in [0.05, 0.1) is 16.8 Å². The van der Waals surface area contributed by atoms with Gasteiger partial charge in [-0.05, 0) is 19.1 Å². The van der Waals surface area contributed by atoms with Crippen LogP contribution in [0.3, 0.4) is 0 Å². The molecule has 8 nitrogen and oxygen atoms in total. The zero-order chi connectivity index (χ0) is 16.7. The number of fused-ring (bicyclic) bond motifs is 2. The highest BCUT2D eigenvalue weighted by molar-refractivity contribution is 5.89. The highest BCUT2D eigenvalue weighted by Gasteiger charge is 2.37. The molecule has 0 unspecified atom stereocenters. The summed E-state index contributed by atoms with van der Waals surface area (Å²) >= 11 is 0. The number of nitrogens with zero attached hydrogens (tertiary/aromatic N) is 2. The van der Waals surface area contributed by atoms with Gasteiger partial charge in [-0.3, -0.25) is 0 Å². The number of aliphatic hydroxyl groups excluding tert-OH is 2. The van der Waals surface area contributed by atoms with Gasteiger partial charge in [0.2, 0.25) is 5.88 Å². The Morgan fingerprint density at radius 2 is 1.83 bits per heavy atom. The van der Waals surface area contributed by atoms with Gasteiger partial charge in [-0.25, -0.2) is 14.6 Å². The quantitative estimate of drug-likeness (QED) is 0.709. The lowest BCUT2D eigenvalue weighted by Gasteiger charge is -2.14. The average Bonchev–Trinajstić information content (AvgIpc) is 2.95. The molecule has 2 N–H and O–H groups in total. The van der Waals surface area contributed by atoms with Crippen molar-refractivity contribution >= 4 is 11.9 Å². The Hall–Kier alpha value is -2.71. The number of hydrogen-bond acceptors (Lipinski definition) is 7. The van der Waals surface area contributed by atoms with Crippen LogP contribution in [0.25, 0.3) is 11.3 Å². The van der Waals surface area contributed by atoms with Gasteiger partial charge in [-0.15, -0.1) is 0 Å². The minimum atomic E-state index is -2.04. The van der Waals surface area contributed by atoms with E-state index in [1.165, 1.54) is 6.20 Å². The third-order valence-corrected chi connectivity index (χ3v) is 3.62. The minimum absolute atomic E-state index is 0.0936. The summed E-state index contributed by atoms with van der Waals surface area (Å²) in [6, 6.07) is 3.60. The molecule has 1 aliphatic rings. The summed E-state index contributed by atoms with van der Waals surface area (Å²) in [6.45, 7) is 1.56. The second-order valence-corrected chi connectivity index (χ2v) is 5.17. The maximum Gasteiger partial charge on any atom is 0.345 e. The van der Waals surface area contributed by atoms with Crippen molar-refractivity contribution in [2.45, 2.75) is 19.1 Å². The van der Waals surface area contributed by atoms with Crippen molar-refractivity contribution in [3.63, 3.8) is 0 Å². The van der Waals surface area contributed by atoms with E-state index in [-0.39, 0.29) is 11.6 Å². The molecule has 0 saturated carbocycles. The second-order valence-electron chi connectivity index (χ2n) is 5.17. The van der Waals surface area contributed by atoms with Crippen LogP contribution in [0.2, 0.25) is 0 Å². The Labute approximate surface area is 130 Å². The Kier molecular flexibility index (Phi) is 3.63. The predicted molar refractivity (Wildman–Crippen MR) is 76.7 cm³/mol. The maximum absolute atomic E-state index is 12.0. The highest BCUT2D eigenvalue weighted by atomic mass is 16.6. The summed E-state index contributed by atoms with van der Waals surface area (Å²) in [7, 11) is 1.81. The molecule has 120 valence electrons. The summed E-state index contributed by atoms with van der Waals surface area (Å²) in [4.78, 5) is 27.7. The molecule has 0 saturated heterocycles. The van der Waals surface area contributed by atoms with Crippen LogP contribution < -0.4 is 9.47 Å². The fraction of sp³-hybridized carbons (Fsp3) is 0.267. The Bertz CT molecular complexity index is 797. The molecule has 0 amide bonds. The van der Waals surface area contributed by atoms with Gasteiger partial charge in [-0.2, -0.15) is 0 Å². The average molecular weight is 318 g/mol. The van der Waals surface area contributed by atoms with Gasteiger partial charge < -0.3 is 24.3 Å². The van der Waals surface area contributed by atoms with E-state index in [2.05, 4.69) is 4.98 Å². The smallest absolute Gasteiger partial charge is 0.345 e. The van der Waals surface area contributed by atoms with Crippen LogP contribution in [-0.4, -0.2) is 43.9 Å². The molecule has 2 bridgehead atoms. The fourth-order valence-electron chi connectivity index (χ4n) is 2.31. The molecule has 0 aromatic carbocycles. The first-order valence-corrected chi connectivity index (χ1v) is 6.81. The van der Waals surface area contributed by atoms with Gasteiger partial charge in [0.1, 0.15) is 5.75 Å². The maximum atomic E-state index is 12.0. The largest absolute Gasteiger partial charge is 0.423 e. The third-order valence-electron chi connectivity index (χ3n) is 3.62. The van der Waals surface area contributed by atoms with E-state index in [9.17, 15) is 19.8 Å². The number of aromatic nitrogens is 2. The van der Waals surface area contributed by atoms with Crippen LogP contribution in [0.5, 0.6) is 11.6 Å². The van der Waals surface area contributed by atoms with E-state index in [1.54, 1.807) is 36.9 Å². The van der Waals surface area contributed by atoms with Gasteiger partial charge in [0, 0.05) is 19.4 Å². The summed E-state index contributed by atoms with van der Waals surface area (Å²) in [5.74, 6) is -2.30. The van der Waals surface area contributed by atoms with Gasteiger partial charge in [0.25, 0.3) is 0 Å². The lowest BCUT2D eigenvalue weighted by molar-refractivity contribution is -0.162. The molecular formula is C15H14N2O6. The number of aryl methyl sites for hydroxylation is 1. The summed E-state index contributed by atoms with van der Waals surface area (Å²) < 4.78 is 11.9. The van der Waals surface area contributed by atoms with Crippen molar-refractivity contribution in [3.8, 4) is 22.9 Å². The van der Waals surface area contributed by atoms with Crippen LogP contribution in [0.4, 0.5) is 0 Å². The first-order chi connectivity index (χ1) is 10.9. The number of pyridine rings is 1. The van der Waals surface area contributed by atoms with Crippen LogP contribution in [0.15, 0.2) is 24.5 Å². The topological polar surface area (TPSA) is 111 Å². The zero-order valence-electron chi connectivity index (χ0n) is 12.4. The highest BCUT2D eigenvalue weighted by Crippen LogP contribution is 2.37.